The minimum Gasteiger partial charge on any atom is -0.508 e. The van der Waals surface area contributed by atoms with Crippen LogP contribution < -0.4 is 0 Å². The van der Waals surface area contributed by atoms with Gasteiger partial charge < -0.3 is 15.3 Å². The predicted molar refractivity (Wildman–Crippen MR) is 108 cm³/mol. The van der Waals surface area contributed by atoms with E-state index in [9.17, 15) is 14.7 Å². The van der Waals surface area contributed by atoms with E-state index in [4.69, 9.17) is 10.2 Å². The van der Waals surface area contributed by atoms with Gasteiger partial charge in [0.15, 0.2) is 0 Å². The van der Waals surface area contributed by atoms with Gasteiger partial charge in [0.1, 0.15) is 5.75 Å². The van der Waals surface area contributed by atoms with Crippen molar-refractivity contribution in [2.75, 3.05) is 0 Å². The number of hydrogen-bond donors (Lipinski definition) is 3. The molecule has 1 rings (SSSR count). The molecule has 0 atom stereocenters. The predicted octanol–water partition coefficient (Wildman–Crippen LogP) is 5.57. The molecule has 0 spiro atoms. The summed E-state index contributed by atoms with van der Waals surface area (Å²) in [4.78, 5) is 19.1. The van der Waals surface area contributed by atoms with Crippen LogP contribution in [0, 0.1) is 0 Å². The zero-order valence-electron chi connectivity index (χ0n) is 16.4. The van der Waals surface area contributed by atoms with Crippen molar-refractivity contribution in [3.05, 3.63) is 42.0 Å². The van der Waals surface area contributed by atoms with Gasteiger partial charge in [-0.1, -0.05) is 82.9 Å². The van der Waals surface area contributed by atoms with E-state index in [2.05, 4.69) is 6.92 Å². The van der Waals surface area contributed by atoms with Gasteiger partial charge in [-0.15, -0.1) is 0 Å². The SMILES string of the molecule is CCCCCCCCCCCCc1ccccc1O.O=C(O)C=CC(=O)O. The van der Waals surface area contributed by atoms with Gasteiger partial charge in [0.25, 0.3) is 0 Å². The van der Waals surface area contributed by atoms with Crippen LogP contribution in [0.25, 0.3) is 0 Å². The van der Waals surface area contributed by atoms with Crippen LogP contribution >= 0.6 is 0 Å². The molecule has 0 unspecified atom stereocenters. The zero-order valence-corrected chi connectivity index (χ0v) is 16.4. The van der Waals surface area contributed by atoms with Crippen molar-refractivity contribution in [2.45, 2.75) is 77.6 Å². The molecule has 27 heavy (non-hydrogen) atoms. The number of benzene rings is 1. The molecule has 1 aromatic rings. The Kier molecular flexibility index (Phi) is 15.7. The number of phenolic OH excluding ortho intramolecular Hbond substituents is 1. The lowest BCUT2D eigenvalue weighted by Crippen LogP contribution is -1.91. The van der Waals surface area contributed by atoms with Crippen LogP contribution in [-0.4, -0.2) is 27.3 Å². The number of rotatable bonds is 13. The first-order valence-electron chi connectivity index (χ1n) is 9.88. The highest BCUT2D eigenvalue weighted by molar-refractivity contribution is 5.89. The van der Waals surface area contributed by atoms with Crippen LogP contribution in [0.1, 0.15) is 76.7 Å². The summed E-state index contributed by atoms with van der Waals surface area (Å²) in [6.07, 6.45) is 15.8. The third-order valence-electron chi connectivity index (χ3n) is 4.16. The van der Waals surface area contributed by atoms with E-state index in [0.29, 0.717) is 17.9 Å². The minimum atomic E-state index is -1.26. The van der Waals surface area contributed by atoms with Crippen LogP contribution in [0.5, 0.6) is 5.75 Å². The Balaban J connectivity index is 0.000000713. The largest absolute Gasteiger partial charge is 0.508 e. The van der Waals surface area contributed by atoms with Gasteiger partial charge in [-0.25, -0.2) is 9.59 Å². The molecule has 0 fully saturated rings. The van der Waals surface area contributed by atoms with Crippen LogP contribution in [0.3, 0.4) is 0 Å². The Morgan fingerprint density at radius 3 is 1.67 bits per heavy atom. The molecule has 0 radical (unpaired) electrons. The molecule has 0 aliphatic carbocycles. The highest BCUT2D eigenvalue weighted by atomic mass is 16.4. The topological polar surface area (TPSA) is 94.8 Å². The Hall–Kier alpha value is -2.30. The molecule has 0 saturated carbocycles. The normalized spacial score (nSPS) is 10.4. The second-order valence-corrected chi connectivity index (χ2v) is 6.57. The zero-order chi connectivity index (χ0) is 20.3. The van der Waals surface area contributed by atoms with Crippen molar-refractivity contribution in [2.24, 2.45) is 0 Å². The Labute approximate surface area is 162 Å². The average molecular weight is 379 g/mol. The van der Waals surface area contributed by atoms with E-state index >= 15 is 0 Å². The van der Waals surface area contributed by atoms with Crippen LogP contribution in [-0.2, 0) is 16.0 Å². The number of carboxylic acids is 2. The van der Waals surface area contributed by atoms with Gasteiger partial charge in [-0.3, -0.25) is 0 Å². The van der Waals surface area contributed by atoms with E-state index in [1.807, 2.05) is 18.2 Å². The summed E-state index contributed by atoms with van der Waals surface area (Å²) >= 11 is 0. The lowest BCUT2D eigenvalue weighted by Gasteiger charge is -2.04. The van der Waals surface area contributed by atoms with E-state index < -0.39 is 11.9 Å². The second kappa shape index (κ2) is 17.1. The van der Waals surface area contributed by atoms with Crippen molar-refractivity contribution in [3.63, 3.8) is 0 Å². The summed E-state index contributed by atoms with van der Waals surface area (Å²) in [5.74, 6) is -2.06. The van der Waals surface area contributed by atoms with Crippen LogP contribution in [0.15, 0.2) is 36.4 Å². The number of aromatic hydroxyl groups is 1. The maximum absolute atomic E-state index is 9.65. The lowest BCUT2D eigenvalue weighted by molar-refractivity contribution is -0.134. The fourth-order valence-electron chi connectivity index (χ4n) is 2.67. The molecule has 1 aromatic carbocycles. The first kappa shape index (κ1) is 24.7. The van der Waals surface area contributed by atoms with E-state index in [-0.39, 0.29) is 0 Å². The first-order valence-corrected chi connectivity index (χ1v) is 9.88. The minimum absolute atomic E-state index is 0.457. The van der Waals surface area contributed by atoms with Gasteiger partial charge in [0.05, 0.1) is 0 Å². The average Bonchev–Trinajstić information content (AvgIpc) is 2.63. The Morgan fingerprint density at radius 1 is 0.778 bits per heavy atom. The quantitative estimate of drug-likeness (QED) is 0.308. The smallest absolute Gasteiger partial charge is 0.328 e. The van der Waals surface area contributed by atoms with Crippen molar-refractivity contribution in [3.8, 4) is 5.75 Å². The molecule has 0 bridgehead atoms. The second-order valence-electron chi connectivity index (χ2n) is 6.57. The fraction of sp³-hybridized carbons (Fsp3) is 0.545. The maximum atomic E-state index is 9.65. The molecule has 0 aliphatic rings. The highest BCUT2D eigenvalue weighted by Crippen LogP contribution is 2.19. The number of phenols is 1. The number of hydrogen-bond acceptors (Lipinski definition) is 3. The first-order chi connectivity index (χ1) is 13.0. The maximum Gasteiger partial charge on any atom is 0.328 e. The van der Waals surface area contributed by atoms with E-state index in [0.717, 1.165) is 12.0 Å². The number of carboxylic acid groups (broad SMARTS) is 2. The molecule has 0 aromatic heterocycles. The van der Waals surface area contributed by atoms with Gasteiger partial charge >= 0.3 is 11.9 Å². The molecular weight excluding hydrogens is 344 g/mol. The van der Waals surface area contributed by atoms with Gasteiger partial charge in [0.2, 0.25) is 0 Å². The van der Waals surface area contributed by atoms with Crippen molar-refractivity contribution >= 4 is 11.9 Å². The highest BCUT2D eigenvalue weighted by Gasteiger charge is 1.99. The standard InChI is InChI=1S/C18H30O.C4H4O4/c1-2-3-4-5-6-7-8-9-10-11-14-17-15-12-13-16-18(17)19;5-3(6)1-2-4(7)8/h12-13,15-16,19H,2-11,14H2,1H3;1-2H,(H,5,6)(H,7,8). The summed E-state index contributed by atoms with van der Waals surface area (Å²) in [6, 6.07) is 7.71. The molecular formula is C22H34O5. The fourth-order valence-corrected chi connectivity index (χ4v) is 2.67. The molecule has 5 heteroatoms. The van der Waals surface area contributed by atoms with Crippen LogP contribution in [0.4, 0.5) is 0 Å². The van der Waals surface area contributed by atoms with E-state index in [1.54, 1.807) is 6.07 Å². The Bertz CT molecular complexity index is 535. The monoisotopic (exact) mass is 378 g/mol. The molecule has 3 N–H and O–H groups in total. The molecule has 5 nitrogen and oxygen atoms in total. The number of unbranched alkanes of at least 4 members (excludes halogenated alkanes) is 9. The summed E-state index contributed by atoms with van der Waals surface area (Å²) in [6.45, 7) is 2.27. The third-order valence-corrected chi connectivity index (χ3v) is 4.16. The summed E-state index contributed by atoms with van der Waals surface area (Å²) in [5, 5.41) is 25.3. The van der Waals surface area contributed by atoms with Crippen molar-refractivity contribution in [1.82, 2.24) is 0 Å². The summed E-state index contributed by atoms with van der Waals surface area (Å²) in [7, 11) is 0. The summed E-state index contributed by atoms with van der Waals surface area (Å²) in [5.41, 5.74) is 1.10. The number of aryl methyl sites for hydroxylation is 1. The number of carbonyl (C=O) groups is 2. The molecule has 0 heterocycles. The number of aliphatic carboxylic acids is 2. The lowest BCUT2D eigenvalue weighted by atomic mass is 10.0. The number of para-hydroxylation sites is 1. The molecule has 0 saturated heterocycles. The summed E-state index contributed by atoms with van der Waals surface area (Å²) < 4.78 is 0. The Morgan fingerprint density at radius 2 is 1.22 bits per heavy atom. The van der Waals surface area contributed by atoms with E-state index in [1.165, 1.54) is 64.2 Å². The van der Waals surface area contributed by atoms with Crippen LogP contribution in [0.2, 0.25) is 0 Å². The molecule has 152 valence electrons. The van der Waals surface area contributed by atoms with Gasteiger partial charge in [0, 0.05) is 12.2 Å². The molecule has 0 amide bonds. The van der Waals surface area contributed by atoms with Crippen molar-refractivity contribution < 1.29 is 24.9 Å². The molecule has 0 aliphatic heterocycles. The van der Waals surface area contributed by atoms with Crippen molar-refractivity contribution in [1.29, 1.82) is 0 Å². The third kappa shape index (κ3) is 16.9. The van der Waals surface area contributed by atoms with Gasteiger partial charge in [-0.2, -0.15) is 0 Å². The van der Waals surface area contributed by atoms with Gasteiger partial charge in [-0.05, 0) is 24.5 Å².